The Balaban J connectivity index is 1.51. The van der Waals surface area contributed by atoms with Gasteiger partial charge in [0.2, 0.25) is 11.8 Å². The normalized spacial score (nSPS) is 20.4. The molecule has 0 aliphatic carbocycles. The molecule has 0 aromatic heterocycles. The van der Waals surface area contributed by atoms with E-state index in [1.165, 1.54) is 0 Å². The van der Waals surface area contributed by atoms with Crippen molar-refractivity contribution in [1.29, 1.82) is 0 Å². The monoisotopic (exact) mass is 503 g/mol. The molecule has 182 valence electrons. The van der Waals surface area contributed by atoms with Crippen molar-refractivity contribution in [2.75, 3.05) is 11.1 Å². The van der Waals surface area contributed by atoms with Gasteiger partial charge in [-0.3, -0.25) is 19.7 Å². The Morgan fingerprint density at radius 3 is 2.35 bits per heavy atom. The molecule has 3 atom stereocenters. The fourth-order valence-electron chi connectivity index (χ4n) is 2.91. The van der Waals surface area contributed by atoms with Gasteiger partial charge in [0.25, 0.3) is 5.91 Å². The maximum Gasteiger partial charge on any atom is 0.416 e. The molecule has 2 aromatic carbocycles. The van der Waals surface area contributed by atoms with Gasteiger partial charge in [-0.2, -0.15) is 13.2 Å². The summed E-state index contributed by atoms with van der Waals surface area (Å²) in [5, 5.41) is 9.86. The number of nitrogens with one attached hydrogen (secondary N) is 4. The van der Waals surface area contributed by atoms with Crippen LogP contribution in [0.15, 0.2) is 42.5 Å². The largest absolute Gasteiger partial charge is 0.416 e. The molecule has 1 fully saturated rings. The Kier molecular flexibility index (Phi) is 7.74. The van der Waals surface area contributed by atoms with E-state index in [1.54, 1.807) is 0 Å². The van der Waals surface area contributed by atoms with Crippen molar-refractivity contribution in [1.82, 2.24) is 16.0 Å². The molecule has 8 nitrogen and oxygen atoms in total. The summed E-state index contributed by atoms with van der Waals surface area (Å²) in [7, 11) is 0. The lowest BCUT2D eigenvalue weighted by Gasteiger charge is -2.35. The fraction of sp³-hybridized carbons (Fsp3) is 0.250. The maximum absolute atomic E-state index is 13.6. The molecule has 1 aliphatic heterocycles. The number of rotatable bonds is 6. The molecule has 0 saturated carbocycles. The number of thioether (sulfide) groups is 1. The average molecular weight is 503 g/mol. The third kappa shape index (κ3) is 6.42. The van der Waals surface area contributed by atoms with E-state index in [4.69, 9.17) is 5.73 Å². The Hall–Kier alpha value is -3.23. The van der Waals surface area contributed by atoms with Crippen LogP contribution in [-0.4, -0.2) is 41.2 Å². The van der Waals surface area contributed by atoms with Crippen LogP contribution in [0.25, 0.3) is 0 Å². The molecule has 2 aromatic rings. The predicted octanol–water partition coefficient (Wildman–Crippen LogP) is 1.74. The van der Waals surface area contributed by atoms with Gasteiger partial charge in [-0.25, -0.2) is 8.78 Å². The third-order valence-electron chi connectivity index (χ3n) is 4.61. The number of nitrogens with two attached hydrogens (primary N) is 1. The van der Waals surface area contributed by atoms with E-state index in [0.717, 1.165) is 48.2 Å². The van der Waals surface area contributed by atoms with E-state index in [1.807, 2.05) is 0 Å². The molecule has 0 spiro atoms. The topological polar surface area (TPSA) is 125 Å². The number of benzene rings is 2. The van der Waals surface area contributed by atoms with Crippen LogP contribution in [-0.2, 0) is 15.8 Å². The zero-order valence-corrected chi connectivity index (χ0v) is 17.9. The standard InChI is InChI=1S/C20H18F5N5O3S/c21-11-5-6-13(12(22)7-11)27-14(31)8-34-19-29-16(26)15(18(33)30-19)28-17(32)9-1-3-10(4-2-9)20(23,24)25/h1-7,15-16,19,29H,8,26H2,(H,27,31)(H,28,32)(H,30,33). The number of amides is 3. The molecule has 34 heavy (non-hydrogen) atoms. The Bertz CT molecular complexity index is 1080. The van der Waals surface area contributed by atoms with E-state index in [2.05, 4.69) is 21.3 Å². The van der Waals surface area contributed by atoms with E-state index in [0.29, 0.717) is 6.07 Å². The SMILES string of the molecule is NC1NC(SCC(=O)Nc2ccc(F)cc2F)NC(=O)C1NC(=O)c1ccc(C(F)(F)F)cc1. The molecular formula is C20H18F5N5O3S. The molecule has 6 N–H and O–H groups in total. The van der Waals surface area contributed by atoms with E-state index in [9.17, 15) is 36.3 Å². The van der Waals surface area contributed by atoms with Gasteiger partial charge in [0.15, 0.2) is 0 Å². The molecule has 14 heteroatoms. The summed E-state index contributed by atoms with van der Waals surface area (Å²) >= 11 is 0.912. The number of carbonyl (C=O) groups is 3. The van der Waals surface area contributed by atoms with Crippen molar-refractivity contribution in [3.63, 3.8) is 0 Å². The Labute approximate surface area is 193 Å². The summed E-state index contributed by atoms with van der Waals surface area (Å²) in [6, 6.07) is 4.84. The average Bonchev–Trinajstić information content (AvgIpc) is 2.76. The molecule has 3 unspecified atom stereocenters. The first-order valence-corrected chi connectivity index (χ1v) is 10.7. The molecule has 3 rings (SSSR count). The second-order valence-electron chi connectivity index (χ2n) is 7.09. The van der Waals surface area contributed by atoms with Gasteiger partial charge in [0.05, 0.1) is 23.2 Å². The highest BCUT2D eigenvalue weighted by Crippen LogP contribution is 2.29. The molecule has 0 radical (unpaired) electrons. The smallest absolute Gasteiger partial charge is 0.338 e. The van der Waals surface area contributed by atoms with Crippen LogP contribution in [0.1, 0.15) is 15.9 Å². The van der Waals surface area contributed by atoms with Crippen LogP contribution in [0.2, 0.25) is 0 Å². The highest BCUT2D eigenvalue weighted by molar-refractivity contribution is 8.00. The van der Waals surface area contributed by atoms with Crippen molar-refractivity contribution in [3.8, 4) is 0 Å². The third-order valence-corrected chi connectivity index (χ3v) is 5.62. The van der Waals surface area contributed by atoms with Crippen LogP contribution in [0, 0.1) is 11.6 Å². The molecule has 1 aliphatic rings. The summed E-state index contributed by atoms with van der Waals surface area (Å²) in [5.74, 6) is -4.10. The molecule has 3 amide bonds. The van der Waals surface area contributed by atoms with Gasteiger partial charge in [0.1, 0.15) is 23.2 Å². The number of hydrogen-bond acceptors (Lipinski definition) is 6. The summed E-state index contributed by atoms with van der Waals surface area (Å²) < 4.78 is 64.5. The number of hydrogen-bond donors (Lipinski definition) is 5. The summed E-state index contributed by atoms with van der Waals surface area (Å²) in [5.41, 5.74) is 3.83. The van der Waals surface area contributed by atoms with Crippen LogP contribution < -0.4 is 27.0 Å². The number of alkyl halides is 3. The van der Waals surface area contributed by atoms with E-state index < -0.39 is 58.8 Å². The minimum atomic E-state index is -4.55. The lowest BCUT2D eigenvalue weighted by Crippen LogP contribution is -2.70. The van der Waals surface area contributed by atoms with Crippen molar-refractivity contribution in [2.45, 2.75) is 23.9 Å². The van der Waals surface area contributed by atoms with E-state index in [-0.39, 0.29) is 17.0 Å². The van der Waals surface area contributed by atoms with Crippen molar-refractivity contribution >= 4 is 35.2 Å². The molecular weight excluding hydrogens is 485 g/mol. The van der Waals surface area contributed by atoms with Crippen molar-refractivity contribution in [3.05, 3.63) is 65.2 Å². The van der Waals surface area contributed by atoms with Gasteiger partial charge < -0.3 is 21.7 Å². The zero-order chi connectivity index (χ0) is 25.0. The lowest BCUT2D eigenvalue weighted by molar-refractivity contribution is -0.137. The summed E-state index contributed by atoms with van der Waals surface area (Å²) in [6.45, 7) is 0. The van der Waals surface area contributed by atoms with Crippen molar-refractivity contribution in [2.24, 2.45) is 5.73 Å². The van der Waals surface area contributed by atoms with Crippen LogP contribution in [0.5, 0.6) is 0 Å². The minimum Gasteiger partial charge on any atom is -0.338 e. The first-order chi connectivity index (χ1) is 15.9. The summed E-state index contributed by atoms with van der Waals surface area (Å²) in [6.07, 6.45) is -5.64. The predicted molar refractivity (Wildman–Crippen MR) is 113 cm³/mol. The Morgan fingerprint density at radius 1 is 1.09 bits per heavy atom. The molecule has 0 bridgehead atoms. The van der Waals surface area contributed by atoms with Crippen LogP contribution in [0.3, 0.4) is 0 Å². The number of halogens is 5. The second-order valence-corrected chi connectivity index (χ2v) is 8.18. The van der Waals surface area contributed by atoms with E-state index >= 15 is 0 Å². The Morgan fingerprint density at radius 2 is 1.76 bits per heavy atom. The number of carbonyl (C=O) groups excluding carboxylic acids is 3. The van der Waals surface area contributed by atoms with Gasteiger partial charge in [0, 0.05) is 11.6 Å². The van der Waals surface area contributed by atoms with Gasteiger partial charge in [-0.1, -0.05) is 0 Å². The molecule has 1 saturated heterocycles. The minimum absolute atomic E-state index is 0.103. The van der Waals surface area contributed by atoms with Crippen LogP contribution >= 0.6 is 11.8 Å². The summed E-state index contributed by atoms with van der Waals surface area (Å²) in [4.78, 5) is 36.7. The first-order valence-electron chi connectivity index (χ1n) is 9.60. The first kappa shape index (κ1) is 25.4. The van der Waals surface area contributed by atoms with Crippen molar-refractivity contribution < 1.29 is 36.3 Å². The van der Waals surface area contributed by atoms with Gasteiger partial charge in [-0.05, 0) is 36.4 Å². The number of anilines is 1. The highest BCUT2D eigenvalue weighted by atomic mass is 32.2. The van der Waals surface area contributed by atoms with Crippen LogP contribution in [0.4, 0.5) is 27.6 Å². The lowest BCUT2D eigenvalue weighted by atomic mass is 10.1. The fourth-order valence-corrected chi connectivity index (χ4v) is 3.75. The second kappa shape index (κ2) is 10.4. The quantitative estimate of drug-likeness (QED) is 0.383. The van der Waals surface area contributed by atoms with Gasteiger partial charge >= 0.3 is 6.18 Å². The van der Waals surface area contributed by atoms with Gasteiger partial charge in [-0.15, -0.1) is 11.8 Å². The maximum atomic E-state index is 13.6. The zero-order valence-electron chi connectivity index (χ0n) is 17.1. The highest BCUT2D eigenvalue weighted by Gasteiger charge is 2.36. The molecule has 1 heterocycles.